The van der Waals surface area contributed by atoms with Crippen LogP contribution in [0.3, 0.4) is 0 Å². The van der Waals surface area contributed by atoms with Gasteiger partial charge < -0.3 is 14.3 Å². The Balaban J connectivity index is 1.87. The van der Waals surface area contributed by atoms with Crippen molar-refractivity contribution in [3.63, 3.8) is 0 Å². The van der Waals surface area contributed by atoms with Gasteiger partial charge in [0.05, 0.1) is 13.2 Å². The molecular weight excluding hydrogens is 232 g/mol. The largest absolute Gasteiger partial charge is 0.469 e. The van der Waals surface area contributed by atoms with Crippen LogP contribution < -0.4 is 0 Å². The molecule has 0 saturated carbocycles. The molecule has 18 heavy (non-hydrogen) atoms. The van der Waals surface area contributed by atoms with Crippen LogP contribution >= 0.6 is 0 Å². The van der Waals surface area contributed by atoms with Gasteiger partial charge in [0.1, 0.15) is 12.4 Å². The van der Waals surface area contributed by atoms with Crippen LogP contribution in [0.15, 0.2) is 0 Å². The fourth-order valence-corrected chi connectivity index (χ4v) is 2.32. The number of methoxy groups -OCH3 is 1. The predicted molar refractivity (Wildman–Crippen MR) is 68.3 cm³/mol. The van der Waals surface area contributed by atoms with Crippen molar-refractivity contribution in [2.45, 2.75) is 70.0 Å². The molecule has 1 saturated heterocycles. The molecule has 1 aliphatic heterocycles. The van der Waals surface area contributed by atoms with Gasteiger partial charge >= 0.3 is 5.97 Å². The van der Waals surface area contributed by atoms with E-state index < -0.39 is 0 Å². The van der Waals surface area contributed by atoms with Crippen LogP contribution in [0.5, 0.6) is 0 Å². The van der Waals surface area contributed by atoms with E-state index in [1.807, 2.05) is 0 Å². The Morgan fingerprint density at radius 2 is 1.94 bits per heavy atom. The van der Waals surface area contributed by atoms with E-state index in [1.54, 1.807) is 0 Å². The van der Waals surface area contributed by atoms with Crippen molar-refractivity contribution in [1.29, 1.82) is 0 Å². The van der Waals surface area contributed by atoms with Crippen LogP contribution in [0.4, 0.5) is 0 Å². The summed E-state index contributed by atoms with van der Waals surface area (Å²) in [7, 11) is 1.43. The summed E-state index contributed by atoms with van der Waals surface area (Å²) in [5.41, 5.74) is 0. The minimum Gasteiger partial charge on any atom is -0.469 e. The summed E-state index contributed by atoms with van der Waals surface area (Å²) in [4.78, 5) is 21.4. The van der Waals surface area contributed by atoms with Crippen LogP contribution in [0, 0.1) is 0 Å². The van der Waals surface area contributed by atoms with E-state index in [4.69, 9.17) is 4.74 Å². The van der Waals surface area contributed by atoms with Gasteiger partial charge in [0.15, 0.2) is 0 Å². The van der Waals surface area contributed by atoms with Gasteiger partial charge in [-0.3, -0.25) is 4.79 Å². The summed E-state index contributed by atoms with van der Waals surface area (Å²) >= 11 is 0. The summed E-state index contributed by atoms with van der Waals surface area (Å²) in [6, 6.07) is 0. The van der Waals surface area contributed by atoms with Crippen molar-refractivity contribution < 1.29 is 19.1 Å². The second-order valence-corrected chi connectivity index (χ2v) is 4.89. The maximum Gasteiger partial charge on any atom is 0.305 e. The molecule has 0 amide bonds. The van der Waals surface area contributed by atoms with E-state index in [2.05, 4.69) is 4.74 Å². The van der Waals surface area contributed by atoms with Crippen molar-refractivity contribution in [3.05, 3.63) is 0 Å². The number of unbranched alkanes of at least 4 members (excludes halogenated alkanes) is 4. The van der Waals surface area contributed by atoms with E-state index in [0.717, 1.165) is 51.2 Å². The van der Waals surface area contributed by atoms with Crippen molar-refractivity contribution in [3.8, 4) is 0 Å². The highest BCUT2D eigenvalue weighted by Gasteiger charge is 2.23. The summed E-state index contributed by atoms with van der Waals surface area (Å²) < 4.78 is 10.1. The zero-order chi connectivity index (χ0) is 13.2. The number of ether oxygens (including phenoxy) is 2. The third-order valence-electron chi connectivity index (χ3n) is 3.43. The molecule has 0 N–H and O–H groups in total. The minimum atomic E-state index is -0.157. The standard InChI is InChI=1S/C14H24O4/c1-17-14(16)8-6-4-2-3-5-7-12-9-10-13(11-15)18-12/h11-13H,2-10H2,1H3. The third kappa shape index (κ3) is 6.15. The number of aldehydes is 1. The first-order valence-electron chi connectivity index (χ1n) is 6.94. The molecule has 1 heterocycles. The van der Waals surface area contributed by atoms with Gasteiger partial charge in [0.2, 0.25) is 0 Å². The Hall–Kier alpha value is -0.900. The van der Waals surface area contributed by atoms with Crippen molar-refractivity contribution >= 4 is 12.3 Å². The van der Waals surface area contributed by atoms with Gasteiger partial charge in [-0.05, 0) is 25.7 Å². The number of rotatable bonds is 9. The average molecular weight is 256 g/mol. The molecule has 104 valence electrons. The fourth-order valence-electron chi connectivity index (χ4n) is 2.32. The first-order valence-corrected chi connectivity index (χ1v) is 6.94. The molecule has 1 aliphatic rings. The number of carbonyl (C=O) groups excluding carboxylic acids is 2. The van der Waals surface area contributed by atoms with Crippen LogP contribution in [0.2, 0.25) is 0 Å². The molecule has 0 aromatic carbocycles. The number of esters is 1. The second kappa shape index (κ2) is 9.09. The molecule has 1 fully saturated rings. The first kappa shape index (κ1) is 15.2. The Kier molecular flexibility index (Phi) is 7.65. The molecule has 2 unspecified atom stereocenters. The Labute approximate surface area is 109 Å². The molecule has 0 bridgehead atoms. The van der Waals surface area contributed by atoms with Gasteiger partial charge in [0, 0.05) is 6.42 Å². The highest BCUT2D eigenvalue weighted by molar-refractivity contribution is 5.68. The van der Waals surface area contributed by atoms with Crippen LogP contribution in [-0.2, 0) is 19.1 Å². The van der Waals surface area contributed by atoms with Crippen molar-refractivity contribution in [2.75, 3.05) is 7.11 Å². The number of carbonyl (C=O) groups is 2. The lowest BCUT2D eigenvalue weighted by Gasteiger charge is -2.09. The molecule has 0 spiro atoms. The third-order valence-corrected chi connectivity index (χ3v) is 3.43. The lowest BCUT2D eigenvalue weighted by atomic mass is 10.1. The van der Waals surface area contributed by atoms with Crippen molar-refractivity contribution in [1.82, 2.24) is 0 Å². The second-order valence-electron chi connectivity index (χ2n) is 4.89. The summed E-state index contributed by atoms with van der Waals surface area (Å²) in [6.45, 7) is 0. The predicted octanol–water partition coefficient (Wildman–Crippen LogP) is 2.64. The van der Waals surface area contributed by atoms with Crippen LogP contribution in [0.1, 0.15) is 57.8 Å². The Bertz CT molecular complexity index is 252. The van der Waals surface area contributed by atoms with E-state index in [0.29, 0.717) is 6.42 Å². The minimum absolute atomic E-state index is 0.116. The molecule has 0 radical (unpaired) electrons. The molecular formula is C14H24O4. The van der Waals surface area contributed by atoms with Crippen molar-refractivity contribution in [2.24, 2.45) is 0 Å². The van der Waals surface area contributed by atoms with Gasteiger partial charge in [0.25, 0.3) is 0 Å². The first-order chi connectivity index (χ1) is 8.76. The maximum atomic E-state index is 10.9. The van der Waals surface area contributed by atoms with E-state index in [9.17, 15) is 9.59 Å². The maximum absolute atomic E-state index is 10.9. The fraction of sp³-hybridized carbons (Fsp3) is 0.857. The molecule has 1 rings (SSSR count). The molecule has 2 atom stereocenters. The normalized spacial score (nSPS) is 22.9. The summed E-state index contributed by atoms with van der Waals surface area (Å²) in [5, 5.41) is 0. The van der Waals surface area contributed by atoms with Gasteiger partial charge in [-0.25, -0.2) is 0 Å². The monoisotopic (exact) mass is 256 g/mol. The molecule has 4 nitrogen and oxygen atoms in total. The highest BCUT2D eigenvalue weighted by Crippen LogP contribution is 2.23. The smallest absolute Gasteiger partial charge is 0.305 e. The summed E-state index contributed by atoms with van der Waals surface area (Å²) in [6.07, 6.45) is 10.0. The van der Waals surface area contributed by atoms with E-state index in [1.165, 1.54) is 13.5 Å². The molecule has 4 heteroatoms. The lowest BCUT2D eigenvalue weighted by molar-refractivity contribution is -0.140. The highest BCUT2D eigenvalue weighted by atomic mass is 16.5. The zero-order valence-corrected chi connectivity index (χ0v) is 11.2. The molecule has 0 aromatic rings. The van der Waals surface area contributed by atoms with Gasteiger partial charge in [-0.1, -0.05) is 25.7 Å². The quantitative estimate of drug-likeness (QED) is 0.361. The van der Waals surface area contributed by atoms with Gasteiger partial charge in [-0.2, -0.15) is 0 Å². The van der Waals surface area contributed by atoms with E-state index in [-0.39, 0.29) is 18.2 Å². The van der Waals surface area contributed by atoms with E-state index >= 15 is 0 Å². The lowest BCUT2D eigenvalue weighted by Crippen LogP contribution is -2.11. The Morgan fingerprint density at radius 1 is 1.22 bits per heavy atom. The molecule has 0 aromatic heterocycles. The Morgan fingerprint density at radius 3 is 2.61 bits per heavy atom. The van der Waals surface area contributed by atoms with Crippen LogP contribution in [-0.4, -0.2) is 31.6 Å². The van der Waals surface area contributed by atoms with Gasteiger partial charge in [-0.15, -0.1) is 0 Å². The zero-order valence-electron chi connectivity index (χ0n) is 11.2. The topological polar surface area (TPSA) is 52.6 Å². The SMILES string of the molecule is COC(=O)CCCCCCCC1CCC(C=O)O1. The average Bonchev–Trinajstić information content (AvgIpc) is 2.85. The number of hydrogen-bond donors (Lipinski definition) is 0. The number of hydrogen-bond acceptors (Lipinski definition) is 4. The summed E-state index contributed by atoms with van der Waals surface area (Å²) in [5.74, 6) is -0.116. The molecule has 0 aliphatic carbocycles. The van der Waals surface area contributed by atoms with Crippen LogP contribution in [0.25, 0.3) is 0 Å².